The second-order valence-electron chi connectivity index (χ2n) is 11.9. The van der Waals surface area contributed by atoms with Gasteiger partial charge in [-0.2, -0.15) is 0 Å². The van der Waals surface area contributed by atoms with Gasteiger partial charge in [0.05, 0.1) is 10.8 Å². The number of nitrogens with two attached hydrogens (primary N) is 2. The summed E-state index contributed by atoms with van der Waals surface area (Å²) >= 11 is 0. The fourth-order valence-electron chi connectivity index (χ4n) is 8.69. The summed E-state index contributed by atoms with van der Waals surface area (Å²) in [4.78, 5) is 40.3. The van der Waals surface area contributed by atoms with Gasteiger partial charge in [0.1, 0.15) is 0 Å². The Kier molecular flexibility index (Phi) is 8.16. The zero-order valence-corrected chi connectivity index (χ0v) is 21.3. The second-order valence-corrected chi connectivity index (χ2v) is 11.9. The van der Waals surface area contributed by atoms with E-state index in [1.54, 1.807) is 0 Å². The molecule has 6 heteroatoms. The number of rotatable bonds is 6. The van der Waals surface area contributed by atoms with Gasteiger partial charge in [-0.1, -0.05) is 78.6 Å². The van der Waals surface area contributed by atoms with Gasteiger partial charge in [-0.05, 0) is 61.7 Å². The van der Waals surface area contributed by atoms with E-state index in [1.807, 2.05) is 6.92 Å². The van der Waals surface area contributed by atoms with Crippen molar-refractivity contribution < 1.29 is 14.4 Å². The lowest BCUT2D eigenvalue weighted by molar-refractivity contribution is -0.187. The molecule has 0 spiro atoms. The number of primary amides is 2. The molecule has 0 aromatic carbocycles. The van der Waals surface area contributed by atoms with Crippen LogP contribution in [0.3, 0.4) is 0 Å². The molecule has 3 aliphatic rings. The molecule has 0 heterocycles. The van der Waals surface area contributed by atoms with Crippen LogP contribution in [-0.4, -0.2) is 17.8 Å². The maximum Gasteiger partial charge on any atom is 0.318 e. The molecule has 0 aromatic heterocycles. The van der Waals surface area contributed by atoms with E-state index in [0.29, 0.717) is 5.92 Å². The minimum absolute atomic E-state index is 0.00257. The zero-order valence-electron chi connectivity index (χ0n) is 21.3. The largest absolute Gasteiger partial charge is 0.369 e. The highest BCUT2D eigenvalue weighted by atomic mass is 16.2. The van der Waals surface area contributed by atoms with Crippen molar-refractivity contribution in [3.05, 3.63) is 0 Å². The Morgan fingerprint density at radius 3 is 1.36 bits per heavy atom. The molecule has 3 saturated carbocycles. The lowest BCUT2D eigenvalue weighted by atomic mass is 9.40. The summed E-state index contributed by atoms with van der Waals surface area (Å²) in [5, 5.41) is 2.53. The highest BCUT2D eigenvalue weighted by Gasteiger charge is 2.69. The van der Waals surface area contributed by atoms with Gasteiger partial charge in [0.25, 0.3) is 0 Å². The number of hydrogen-bond donors (Lipinski definition) is 3. The molecule has 0 saturated heterocycles. The van der Waals surface area contributed by atoms with Crippen LogP contribution in [0.15, 0.2) is 0 Å². The van der Waals surface area contributed by atoms with Crippen LogP contribution in [-0.2, 0) is 9.59 Å². The SMILES string of the molecule is CC1CCCCC1C(C)(C(N)=O)C(C(=O)NC(N)=O)(C1CCCCC1C)C1CCCCC1C. The monoisotopic (exact) mass is 461 g/mol. The summed E-state index contributed by atoms with van der Waals surface area (Å²) in [6.07, 6.45) is 12.3. The third-order valence-corrected chi connectivity index (χ3v) is 10.2. The van der Waals surface area contributed by atoms with Crippen molar-refractivity contribution in [3.63, 3.8) is 0 Å². The number of imide groups is 1. The second kappa shape index (κ2) is 10.4. The number of hydrogen-bond acceptors (Lipinski definition) is 3. The van der Waals surface area contributed by atoms with Crippen LogP contribution in [0.5, 0.6) is 0 Å². The van der Waals surface area contributed by atoms with Gasteiger partial charge in [-0.25, -0.2) is 4.79 Å². The van der Waals surface area contributed by atoms with Crippen molar-refractivity contribution in [1.82, 2.24) is 5.32 Å². The number of carbonyl (C=O) groups excluding carboxylic acids is 3. The Morgan fingerprint density at radius 2 is 1.03 bits per heavy atom. The summed E-state index contributed by atoms with van der Waals surface area (Å²) in [5.74, 6) is 0.169. The van der Waals surface area contributed by atoms with E-state index in [-0.39, 0.29) is 41.4 Å². The molecule has 3 aliphatic carbocycles. The van der Waals surface area contributed by atoms with Crippen molar-refractivity contribution >= 4 is 17.8 Å². The lowest BCUT2D eigenvalue weighted by Gasteiger charge is -2.62. The van der Waals surface area contributed by atoms with Gasteiger partial charge >= 0.3 is 6.03 Å². The Morgan fingerprint density at radius 1 is 0.667 bits per heavy atom. The van der Waals surface area contributed by atoms with Gasteiger partial charge in [-0.3, -0.25) is 14.9 Å². The average molecular weight is 462 g/mol. The first-order valence-corrected chi connectivity index (χ1v) is 13.5. The fourth-order valence-corrected chi connectivity index (χ4v) is 8.69. The number of amides is 4. The third kappa shape index (κ3) is 4.43. The van der Waals surface area contributed by atoms with E-state index in [9.17, 15) is 14.4 Å². The number of nitrogens with one attached hydrogen (secondary N) is 1. The maximum atomic E-state index is 14.4. The summed E-state index contributed by atoms with van der Waals surface area (Å²) in [7, 11) is 0. The molecule has 3 rings (SSSR count). The zero-order chi connectivity index (χ0) is 24.4. The molecule has 5 N–H and O–H groups in total. The van der Waals surface area contributed by atoms with E-state index in [4.69, 9.17) is 11.5 Å². The molecule has 7 unspecified atom stereocenters. The summed E-state index contributed by atoms with van der Waals surface area (Å²) in [5.41, 5.74) is 9.86. The molecular weight excluding hydrogens is 414 g/mol. The van der Waals surface area contributed by atoms with Crippen molar-refractivity contribution in [3.8, 4) is 0 Å². The van der Waals surface area contributed by atoms with E-state index >= 15 is 0 Å². The first-order chi connectivity index (χ1) is 15.6. The Balaban J connectivity index is 2.33. The molecule has 3 fully saturated rings. The van der Waals surface area contributed by atoms with Crippen LogP contribution in [0.4, 0.5) is 4.79 Å². The smallest absolute Gasteiger partial charge is 0.318 e. The summed E-state index contributed by atoms with van der Waals surface area (Å²) < 4.78 is 0. The topological polar surface area (TPSA) is 115 Å². The minimum Gasteiger partial charge on any atom is -0.369 e. The van der Waals surface area contributed by atoms with Crippen LogP contribution >= 0.6 is 0 Å². The van der Waals surface area contributed by atoms with Gasteiger partial charge in [-0.15, -0.1) is 0 Å². The van der Waals surface area contributed by atoms with Crippen LogP contribution in [0.2, 0.25) is 0 Å². The molecule has 4 amide bonds. The Bertz CT molecular complexity index is 716. The Hall–Kier alpha value is -1.59. The third-order valence-electron chi connectivity index (χ3n) is 10.2. The molecule has 7 atom stereocenters. The first kappa shape index (κ1) is 26.0. The predicted octanol–water partition coefficient (Wildman–Crippen LogP) is 5.14. The first-order valence-electron chi connectivity index (χ1n) is 13.5. The summed E-state index contributed by atoms with van der Waals surface area (Å²) in [6, 6.07) is -0.834. The predicted molar refractivity (Wildman–Crippen MR) is 131 cm³/mol. The van der Waals surface area contributed by atoms with E-state index in [0.717, 1.165) is 77.0 Å². The Labute approximate surface area is 200 Å². The highest BCUT2D eigenvalue weighted by molar-refractivity contribution is 6.01. The molecule has 6 nitrogen and oxygen atoms in total. The van der Waals surface area contributed by atoms with Gasteiger partial charge in [0.2, 0.25) is 11.8 Å². The van der Waals surface area contributed by atoms with Crippen LogP contribution in [0.1, 0.15) is 105 Å². The van der Waals surface area contributed by atoms with Gasteiger partial charge in [0.15, 0.2) is 0 Å². The molecule has 188 valence electrons. The highest BCUT2D eigenvalue weighted by Crippen LogP contribution is 2.65. The average Bonchev–Trinajstić information content (AvgIpc) is 2.76. The quantitative estimate of drug-likeness (QED) is 0.508. The number of carbonyl (C=O) groups is 3. The standard InChI is InChI=1S/C27H47N3O3/c1-17-11-5-8-14-20(17)26(4,23(28)31)27(24(32)30-25(29)33,21-15-9-6-12-18(21)2)22-16-10-7-13-19(22)3/h17-22H,5-16H2,1-4H3,(H2,28,31)(H3,29,30,32,33). The molecule has 0 aliphatic heterocycles. The van der Waals surface area contributed by atoms with Crippen LogP contribution in [0.25, 0.3) is 0 Å². The summed E-state index contributed by atoms with van der Waals surface area (Å²) in [6.45, 7) is 8.67. The van der Waals surface area contributed by atoms with E-state index < -0.39 is 16.9 Å². The molecule has 0 radical (unpaired) electrons. The normalized spacial score (nSPS) is 36.7. The van der Waals surface area contributed by atoms with Gasteiger partial charge in [0, 0.05) is 0 Å². The molecule has 33 heavy (non-hydrogen) atoms. The van der Waals surface area contributed by atoms with E-state index in [1.165, 1.54) is 0 Å². The fraction of sp³-hybridized carbons (Fsp3) is 0.889. The maximum absolute atomic E-state index is 14.4. The molecular formula is C27H47N3O3. The van der Waals surface area contributed by atoms with Crippen molar-refractivity contribution in [2.24, 2.45) is 57.8 Å². The minimum atomic E-state index is -1.04. The van der Waals surface area contributed by atoms with Crippen molar-refractivity contribution in [2.45, 2.75) is 105 Å². The van der Waals surface area contributed by atoms with E-state index in [2.05, 4.69) is 26.1 Å². The number of urea groups is 1. The van der Waals surface area contributed by atoms with Crippen LogP contribution < -0.4 is 16.8 Å². The van der Waals surface area contributed by atoms with Crippen LogP contribution in [0, 0.1) is 46.3 Å². The molecule has 0 aromatic rings. The van der Waals surface area contributed by atoms with Gasteiger partial charge < -0.3 is 11.5 Å². The lowest BCUT2D eigenvalue weighted by Crippen LogP contribution is -2.69. The van der Waals surface area contributed by atoms with Crippen molar-refractivity contribution in [2.75, 3.05) is 0 Å². The van der Waals surface area contributed by atoms with Crippen molar-refractivity contribution in [1.29, 1.82) is 0 Å². The molecule has 0 bridgehead atoms.